The number of nitrogens with zero attached hydrogens (tertiary/aromatic N) is 1. The van der Waals surface area contributed by atoms with Gasteiger partial charge in [-0.2, -0.15) is 0 Å². The lowest BCUT2D eigenvalue weighted by molar-refractivity contribution is -0.146. The number of hydrogen-bond acceptors (Lipinski definition) is 5. The van der Waals surface area contributed by atoms with Crippen LogP contribution in [0.3, 0.4) is 0 Å². The van der Waals surface area contributed by atoms with E-state index in [9.17, 15) is 19.5 Å². The fourth-order valence-electron chi connectivity index (χ4n) is 3.21. The number of anilines is 1. The van der Waals surface area contributed by atoms with Gasteiger partial charge in [-0.15, -0.1) is 12.4 Å². The average Bonchev–Trinajstić information content (AvgIpc) is 2.73. The lowest BCUT2D eigenvalue weighted by Gasteiger charge is -2.27. The quantitative estimate of drug-likeness (QED) is 0.651. The molecule has 0 spiro atoms. The summed E-state index contributed by atoms with van der Waals surface area (Å²) < 4.78 is 5.10. The van der Waals surface area contributed by atoms with E-state index < -0.39 is 24.6 Å². The first-order valence-corrected chi connectivity index (χ1v) is 9.01. The maximum absolute atomic E-state index is 13.0. The predicted molar refractivity (Wildman–Crippen MR) is 104 cm³/mol. The molecule has 0 aromatic heterocycles. The SMILES string of the molecule is CCC[C@H](N[C@H]1CCc2ccccc2N(CC(=O)O)C1=O)C(=O)OCC.Cl. The van der Waals surface area contributed by atoms with Crippen molar-refractivity contribution >= 4 is 35.9 Å². The molecule has 2 atom stereocenters. The summed E-state index contributed by atoms with van der Waals surface area (Å²) in [6.45, 7) is 3.56. The number of nitrogens with one attached hydrogen (secondary N) is 1. The van der Waals surface area contributed by atoms with E-state index in [1.165, 1.54) is 4.90 Å². The molecule has 1 aromatic carbocycles. The summed E-state index contributed by atoms with van der Waals surface area (Å²) in [5, 5.41) is 12.3. The van der Waals surface area contributed by atoms with E-state index in [0.29, 0.717) is 24.9 Å². The first kappa shape index (κ1) is 22.9. The minimum Gasteiger partial charge on any atom is -0.480 e. The molecular weight excluding hydrogens is 372 g/mol. The summed E-state index contributed by atoms with van der Waals surface area (Å²) in [5.74, 6) is -1.79. The van der Waals surface area contributed by atoms with E-state index in [2.05, 4.69) is 5.32 Å². The van der Waals surface area contributed by atoms with Crippen molar-refractivity contribution in [1.29, 1.82) is 0 Å². The number of carbonyl (C=O) groups is 3. The number of fused-ring (bicyclic) bond motifs is 1. The number of aryl methyl sites for hydroxylation is 1. The standard InChI is InChI=1S/C19H26N2O5.ClH/c1-3-7-15(19(25)26-4-2)20-14-11-10-13-8-5-6-9-16(13)21(18(14)24)12-17(22)23;/h5-6,8-9,14-15,20H,3-4,7,10-12H2,1-2H3,(H,22,23);1H/t14-,15-;/m0./s1. The van der Waals surface area contributed by atoms with Gasteiger partial charge in [0.15, 0.2) is 0 Å². The first-order chi connectivity index (χ1) is 12.5. The van der Waals surface area contributed by atoms with Gasteiger partial charge in [0.2, 0.25) is 5.91 Å². The van der Waals surface area contributed by atoms with E-state index in [1.807, 2.05) is 19.1 Å². The summed E-state index contributed by atoms with van der Waals surface area (Å²) in [4.78, 5) is 37.7. The van der Waals surface area contributed by atoms with Crippen molar-refractivity contribution in [2.24, 2.45) is 0 Å². The molecule has 0 aliphatic carbocycles. The molecule has 0 radical (unpaired) electrons. The van der Waals surface area contributed by atoms with Crippen molar-refractivity contribution in [3.05, 3.63) is 29.8 Å². The van der Waals surface area contributed by atoms with Crippen LogP contribution in [0.25, 0.3) is 0 Å². The molecule has 2 rings (SSSR count). The maximum atomic E-state index is 13.0. The number of esters is 1. The first-order valence-electron chi connectivity index (χ1n) is 9.01. The molecule has 1 amide bonds. The van der Waals surface area contributed by atoms with Gasteiger partial charge in [0.05, 0.1) is 12.6 Å². The largest absolute Gasteiger partial charge is 0.480 e. The lowest BCUT2D eigenvalue weighted by atomic mass is 10.0. The summed E-state index contributed by atoms with van der Waals surface area (Å²) in [5.41, 5.74) is 1.54. The number of aliphatic carboxylic acids is 1. The van der Waals surface area contributed by atoms with Gasteiger partial charge in [0.1, 0.15) is 12.6 Å². The topological polar surface area (TPSA) is 95.9 Å². The summed E-state index contributed by atoms with van der Waals surface area (Å²) >= 11 is 0. The van der Waals surface area contributed by atoms with Crippen LogP contribution in [0, 0.1) is 0 Å². The van der Waals surface area contributed by atoms with Crippen LogP contribution in [0.4, 0.5) is 5.69 Å². The Kier molecular flexibility index (Phi) is 9.25. The van der Waals surface area contributed by atoms with E-state index in [0.717, 1.165) is 12.0 Å². The van der Waals surface area contributed by atoms with Gasteiger partial charge in [0, 0.05) is 5.69 Å². The Morgan fingerprint density at radius 2 is 2.04 bits per heavy atom. The zero-order chi connectivity index (χ0) is 19.1. The smallest absolute Gasteiger partial charge is 0.323 e. The van der Waals surface area contributed by atoms with Crippen molar-refractivity contribution in [1.82, 2.24) is 5.32 Å². The third kappa shape index (κ3) is 5.94. The molecule has 0 saturated carbocycles. The van der Waals surface area contributed by atoms with Gasteiger partial charge < -0.3 is 9.84 Å². The minimum atomic E-state index is -1.08. The van der Waals surface area contributed by atoms with Crippen LogP contribution in [0.15, 0.2) is 24.3 Å². The fraction of sp³-hybridized carbons (Fsp3) is 0.526. The van der Waals surface area contributed by atoms with Gasteiger partial charge in [-0.25, -0.2) is 0 Å². The monoisotopic (exact) mass is 398 g/mol. The Morgan fingerprint density at radius 1 is 1.33 bits per heavy atom. The Bertz CT molecular complexity index is 667. The molecule has 0 unspecified atom stereocenters. The Morgan fingerprint density at radius 3 is 2.67 bits per heavy atom. The van der Waals surface area contributed by atoms with Crippen molar-refractivity contribution in [3.8, 4) is 0 Å². The Hall–Kier alpha value is -2.12. The molecule has 1 aliphatic rings. The number of carbonyl (C=O) groups excluding carboxylic acids is 2. The van der Waals surface area contributed by atoms with Gasteiger partial charge >= 0.3 is 11.9 Å². The van der Waals surface area contributed by atoms with Crippen molar-refractivity contribution in [3.63, 3.8) is 0 Å². The molecule has 1 heterocycles. The highest BCUT2D eigenvalue weighted by molar-refractivity contribution is 6.02. The van der Waals surface area contributed by atoms with Crippen LogP contribution in [-0.4, -0.2) is 48.2 Å². The molecule has 27 heavy (non-hydrogen) atoms. The second kappa shape index (κ2) is 10.9. The number of carboxylic acids is 1. The van der Waals surface area contributed by atoms with Gasteiger partial charge in [-0.1, -0.05) is 31.5 Å². The van der Waals surface area contributed by atoms with Crippen LogP contribution < -0.4 is 10.2 Å². The molecule has 7 nitrogen and oxygen atoms in total. The number of hydrogen-bond donors (Lipinski definition) is 2. The van der Waals surface area contributed by atoms with Crippen molar-refractivity contribution < 1.29 is 24.2 Å². The highest BCUT2D eigenvalue weighted by atomic mass is 35.5. The van der Waals surface area contributed by atoms with E-state index in [-0.39, 0.29) is 30.9 Å². The number of halogens is 1. The number of ether oxygens (including phenoxy) is 1. The predicted octanol–water partition coefficient (Wildman–Crippen LogP) is 2.16. The normalized spacial score (nSPS) is 17.3. The lowest BCUT2D eigenvalue weighted by Crippen LogP contribution is -2.53. The van der Waals surface area contributed by atoms with E-state index >= 15 is 0 Å². The summed E-state index contributed by atoms with van der Waals surface area (Å²) in [6.07, 6.45) is 2.42. The molecule has 1 aromatic rings. The van der Waals surface area contributed by atoms with Gasteiger partial charge in [-0.05, 0) is 37.8 Å². The molecule has 0 fully saturated rings. The second-order valence-corrected chi connectivity index (χ2v) is 6.30. The molecule has 1 aliphatic heterocycles. The third-order valence-electron chi connectivity index (χ3n) is 4.39. The van der Waals surface area contributed by atoms with Crippen LogP contribution in [0.2, 0.25) is 0 Å². The fourth-order valence-corrected chi connectivity index (χ4v) is 3.21. The Labute approximate surface area is 165 Å². The van der Waals surface area contributed by atoms with Crippen LogP contribution in [0.1, 0.15) is 38.7 Å². The van der Waals surface area contributed by atoms with Gasteiger partial charge in [0.25, 0.3) is 0 Å². The maximum Gasteiger partial charge on any atom is 0.323 e. The average molecular weight is 399 g/mol. The highest BCUT2D eigenvalue weighted by Gasteiger charge is 2.34. The summed E-state index contributed by atoms with van der Waals surface area (Å²) in [6, 6.07) is 6.09. The summed E-state index contributed by atoms with van der Waals surface area (Å²) in [7, 11) is 0. The minimum absolute atomic E-state index is 0. The molecule has 150 valence electrons. The molecular formula is C19H27ClN2O5. The van der Waals surface area contributed by atoms with Gasteiger partial charge in [-0.3, -0.25) is 24.6 Å². The van der Waals surface area contributed by atoms with Crippen LogP contribution in [-0.2, 0) is 25.5 Å². The van der Waals surface area contributed by atoms with Crippen LogP contribution in [0.5, 0.6) is 0 Å². The third-order valence-corrected chi connectivity index (χ3v) is 4.39. The zero-order valence-corrected chi connectivity index (χ0v) is 16.5. The number of benzene rings is 1. The molecule has 0 bridgehead atoms. The van der Waals surface area contributed by atoms with Crippen molar-refractivity contribution in [2.45, 2.75) is 51.6 Å². The van der Waals surface area contributed by atoms with E-state index in [4.69, 9.17) is 4.74 Å². The second-order valence-electron chi connectivity index (χ2n) is 6.30. The molecule has 2 N–H and O–H groups in total. The number of amides is 1. The van der Waals surface area contributed by atoms with E-state index in [1.54, 1.807) is 19.1 Å². The van der Waals surface area contributed by atoms with Crippen molar-refractivity contribution in [2.75, 3.05) is 18.1 Å². The Balaban J connectivity index is 0.00000364. The number of rotatable bonds is 8. The number of carboxylic acid groups (broad SMARTS) is 1. The highest BCUT2D eigenvalue weighted by Crippen LogP contribution is 2.27. The van der Waals surface area contributed by atoms with Crippen LogP contribution >= 0.6 is 12.4 Å². The molecule has 8 heteroatoms. The molecule has 0 saturated heterocycles. The number of para-hydroxylation sites is 1. The zero-order valence-electron chi connectivity index (χ0n) is 15.6.